The highest BCUT2D eigenvalue weighted by molar-refractivity contribution is 5.84. The van der Waals surface area contributed by atoms with Crippen LogP contribution < -0.4 is 5.32 Å². The average Bonchev–Trinajstić information content (AvgIpc) is 3.37. The number of carbonyl (C=O) groups is 3. The van der Waals surface area contributed by atoms with Crippen LogP contribution in [0.5, 0.6) is 0 Å². The van der Waals surface area contributed by atoms with E-state index >= 15 is 0 Å². The Hall–Kier alpha value is -3.39. The van der Waals surface area contributed by atoms with Gasteiger partial charge in [0.1, 0.15) is 12.5 Å². The molecule has 8 heteroatoms. The molecule has 2 unspecified atom stereocenters. The quantitative estimate of drug-likeness (QED) is 0.653. The van der Waals surface area contributed by atoms with E-state index in [0.717, 1.165) is 11.1 Å². The summed E-state index contributed by atoms with van der Waals surface area (Å²) in [7, 11) is 1.47. The molecule has 2 fully saturated rings. The lowest BCUT2D eigenvalue weighted by Gasteiger charge is -2.16. The Morgan fingerprint density at radius 3 is 2.24 bits per heavy atom. The van der Waals surface area contributed by atoms with Crippen LogP contribution in [0.15, 0.2) is 48.5 Å². The van der Waals surface area contributed by atoms with Crippen molar-refractivity contribution in [3.05, 3.63) is 59.7 Å². The molecular formula is C26H28N2O6. The van der Waals surface area contributed by atoms with Gasteiger partial charge in [-0.2, -0.15) is 0 Å². The Kier molecular flexibility index (Phi) is 6.00. The maximum Gasteiger partial charge on any atom is 0.407 e. The Labute approximate surface area is 197 Å². The van der Waals surface area contributed by atoms with E-state index < -0.39 is 24.1 Å². The van der Waals surface area contributed by atoms with Crippen LogP contribution in [0.2, 0.25) is 0 Å². The second-order valence-corrected chi connectivity index (χ2v) is 9.27. The van der Waals surface area contributed by atoms with Gasteiger partial charge in [-0.15, -0.1) is 0 Å². The Morgan fingerprint density at radius 2 is 1.65 bits per heavy atom. The fraction of sp³-hybridized carbons (Fsp3) is 0.423. The van der Waals surface area contributed by atoms with E-state index in [0.29, 0.717) is 13.0 Å². The van der Waals surface area contributed by atoms with E-state index in [-0.39, 0.29) is 43.4 Å². The summed E-state index contributed by atoms with van der Waals surface area (Å²) in [6.45, 7) is 1.05. The molecule has 0 radical (unpaired) electrons. The van der Waals surface area contributed by atoms with Crippen LogP contribution in [0.3, 0.4) is 0 Å². The zero-order chi connectivity index (χ0) is 23.8. The fourth-order valence-electron chi connectivity index (χ4n) is 5.30. The fourth-order valence-corrected chi connectivity index (χ4v) is 5.30. The number of hydrogen-bond acceptors (Lipinski definition) is 5. The smallest absolute Gasteiger partial charge is 0.407 e. The molecule has 2 aliphatic carbocycles. The summed E-state index contributed by atoms with van der Waals surface area (Å²) in [5.41, 5.74) is 4.66. The first-order valence-electron chi connectivity index (χ1n) is 11.6. The summed E-state index contributed by atoms with van der Waals surface area (Å²) in [6.07, 6.45) is -0.307. The minimum Gasteiger partial charge on any atom is -0.481 e. The normalized spacial score (nSPS) is 24.9. The minimum atomic E-state index is -0.952. The van der Waals surface area contributed by atoms with E-state index in [1.54, 1.807) is 4.90 Å². The van der Waals surface area contributed by atoms with Gasteiger partial charge in [0.2, 0.25) is 5.91 Å². The molecule has 0 spiro atoms. The number of nitrogens with one attached hydrogen (secondary N) is 1. The number of likely N-dealkylation sites (tertiary alicyclic amines) is 1. The number of ether oxygens (including phenoxy) is 2. The number of carboxylic acid groups (broad SMARTS) is 1. The summed E-state index contributed by atoms with van der Waals surface area (Å²) in [5.74, 6) is -1.88. The lowest BCUT2D eigenvalue weighted by Crippen LogP contribution is -2.33. The van der Waals surface area contributed by atoms with Gasteiger partial charge in [-0.3, -0.25) is 9.59 Å². The van der Waals surface area contributed by atoms with E-state index in [1.165, 1.54) is 18.2 Å². The maximum absolute atomic E-state index is 12.8. The topological polar surface area (TPSA) is 105 Å². The highest BCUT2D eigenvalue weighted by atomic mass is 16.5. The van der Waals surface area contributed by atoms with Crippen LogP contribution in [0.25, 0.3) is 11.1 Å². The van der Waals surface area contributed by atoms with Gasteiger partial charge >= 0.3 is 12.1 Å². The van der Waals surface area contributed by atoms with Gasteiger partial charge < -0.3 is 24.8 Å². The van der Waals surface area contributed by atoms with Crippen LogP contribution in [0, 0.1) is 17.8 Å². The maximum atomic E-state index is 12.8. The lowest BCUT2D eigenvalue weighted by atomic mass is 9.98. The van der Waals surface area contributed by atoms with Gasteiger partial charge in [-0.25, -0.2) is 4.79 Å². The van der Waals surface area contributed by atoms with E-state index in [1.807, 2.05) is 24.3 Å². The second kappa shape index (κ2) is 9.10. The Bertz CT molecular complexity index is 1070. The number of amides is 2. The molecule has 2 aromatic rings. The zero-order valence-electron chi connectivity index (χ0n) is 19.0. The number of carboxylic acids is 1. The van der Waals surface area contributed by atoms with Crippen LogP contribution >= 0.6 is 0 Å². The molecule has 2 aromatic carbocycles. The third-order valence-corrected chi connectivity index (χ3v) is 7.29. The average molecular weight is 465 g/mol. The number of aliphatic carboxylic acids is 1. The molecular weight excluding hydrogens is 436 g/mol. The predicted octanol–water partition coefficient (Wildman–Crippen LogP) is 2.72. The molecule has 178 valence electrons. The van der Waals surface area contributed by atoms with Crippen molar-refractivity contribution in [2.75, 3.05) is 33.4 Å². The molecule has 34 heavy (non-hydrogen) atoms. The van der Waals surface area contributed by atoms with Crippen molar-refractivity contribution >= 4 is 18.0 Å². The summed E-state index contributed by atoms with van der Waals surface area (Å²) >= 11 is 0. The van der Waals surface area contributed by atoms with Gasteiger partial charge in [-0.1, -0.05) is 48.5 Å². The van der Waals surface area contributed by atoms with Crippen LogP contribution in [-0.4, -0.2) is 67.4 Å². The van der Waals surface area contributed by atoms with E-state index in [2.05, 4.69) is 29.6 Å². The van der Waals surface area contributed by atoms with Crippen molar-refractivity contribution in [3.63, 3.8) is 0 Å². The third kappa shape index (κ3) is 4.14. The number of methoxy groups -OCH3 is 1. The zero-order valence-corrected chi connectivity index (χ0v) is 19.0. The first-order valence-corrected chi connectivity index (χ1v) is 11.6. The molecule has 3 aliphatic rings. The SMILES string of the molecule is COC1CN(C(=O)[C@H]2C[C@H]2CNC(=O)OCC2c3ccccc3-c3ccccc32)CC1C(=O)O. The van der Waals surface area contributed by atoms with Crippen molar-refractivity contribution < 1.29 is 29.0 Å². The molecule has 5 rings (SSSR count). The molecule has 4 atom stereocenters. The summed E-state index contributed by atoms with van der Waals surface area (Å²) < 4.78 is 10.8. The highest BCUT2D eigenvalue weighted by Crippen LogP contribution is 2.44. The first kappa shape index (κ1) is 22.4. The third-order valence-electron chi connectivity index (χ3n) is 7.29. The number of fused-ring (bicyclic) bond motifs is 3. The lowest BCUT2D eigenvalue weighted by molar-refractivity contribution is -0.144. The standard InChI is InChI=1S/C26H28N2O6/c1-33-23-13-28(12-21(23)25(30)31)24(29)20-10-15(20)11-27-26(32)34-14-22-18-8-4-2-6-16(18)17-7-3-5-9-19(17)22/h2-9,15,20-23H,10-14H2,1H3,(H,27,32)(H,30,31)/t15-,20-,21?,23?/m0/s1. The van der Waals surface area contributed by atoms with Gasteiger partial charge in [-0.05, 0) is 34.6 Å². The number of nitrogens with zero attached hydrogens (tertiary/aromatic N) is 1. The first-order chi connectivity index (χ1) is 16.5. The molecule has 2 N–H and O–H groups in total. The molecule has 0 aromatic heterocycles. The number of benzene rings is 2. The van der Waals surface area contributed by atoms with Gasteiger partial charge in [0.05, 0.1) is 6.10 Å². The minimum absolute atomic E-state index is 0.000482. The molecule has 1 heterocycles. The monoisotopic (exact) mass is 464 g/mol. The molecule has 1 saturated carbocycles. The number of hydrogen-bond donors (Lipinski definition) is 2. The molecule has 1 saturated heterocycles. The number of carbonyl (C=O) groups excluding carboxylic acids is 2. The van der Waals surface area contributed by atoms with E-state index in [9.17, 15) is 19.5 Å². The summed E-state index contributed by atoms with van der Waals surface area (Å²) in [5, 5.41) is 12.1. The second-order valence-electron chi connectivity index (χ2n) is 9.27. The summed E-state index contributed by atoms with van der Waals surface area (Å²) in [6, 6.07) is 16.3. The van der Waals surface area contributed by atoms with Crippen molar-refractivity contribution in [3.8, 4) is 11.1 Å². The largest absolute Gasteiger partial charge is 0.481 e. The Morgan fingerprint density at radius 1 is 1.00 bits per heavy atom. The van der Waals surface area contributed by atoms with Crippen molar-refractivity contribution in [1.29, 1.82) is 0 Å². The van der Waals surface area contributed by atoms with Crippen molar-refractivity contribution in [2.24, 2.45) is 17.8 Å². The molecule has 1 aliphatic heterocycles. The Balaban J connectivity index is 1.10. The number of rotatable bonds is 7. The van der Waals surface area contributed by atoms with Crippen LogP contribution in [0.1, 0.15) is 23.5 Å². The van der Waals surface area contributed by atoms with Gasteiger partial charge in [0.25, 0.3) is 0 Å². The molecule has 2 amide bonds. The van der Waals surface area contributed by atoms with Gasteiger partial charge in [0.15, 0.2) is 0 Å². The van der Waals surface area contributed by atoms with Crippen molar-refractivity contribution in [2.45, 2.75) is 18.4 Å². The summed E-state index contributed by atoms with van der Waals surface area (Å²) in [4.78, 5) is 38.1. The molecule has 0 bridgehead atoms. The predicted molar refractivity (Wildman–Crippen MR) is 123 cm³/mol. The van der Waals surface area contributed by atoms with Gasteiger partial charge in [0, 0.05) is 38.6 Å². The highest BCUT2D eigenvalue weighted by Gasteiger charge is 2.48. The van der Waals surface area contributed by atoms with Crippen LogP contribution in [0.4, 0.5) is 4.79 Å². The number of alkyl carbamates (subject to hydrolysis) is 1. The molecule has 8 nitrogen and oxygen atoms in total. The van der Waals surface area contributed by atoms with Crippen molar-refractivity contribution in [1.82, 2.24) is 10.2 Å². The van der Waals surface area contributed by atoms with Crippen LogP contribution in [-0.2, 0) is 19.1 Å². The van der Waals surface area contributed by atoms with E-state index in [4.69, 9.17) is 9.47 Å².